The van der Waals surface area contributed by atoms with Gasteiger partial charge in [0.2, 0.25) is 0 Å². The lowest BCUT2D eigenvalue weighted by Crippen LogP contribution is -2.55. The van der Waals surface area contributed by atoms with Crippen LogP contribution in [0.1, 0.15) is 39.5 Å². The van der Waals surface area contributed by atoms with Crippen LogP contribution in [0, 0.1) is 0 Å². The highest BCUT2D eigenvalue weighted by molar-refractivity contribution is 4.78. The fourth-order valence-electron chi connectivity index (χ4n) is 2.54. The molecule has 0 aromatic heterocycles. The average molecular weight is 229 g/mol. The van der Waals surface area contributed by atoms with E-state index in [2.05, 4.69) is 18.7 Å². The number of piperazine rings is 1. The minimum atomic E-state index is -0.780. The van der Waals surface area contributed by atoms with Crippen molar-refractivity contribution in [3.63, 3.8) is 0 Å². The van der Waals surface area contributed by atoms with E-state index >= 15 is 0 Å². The lowest BCUT2D eigenvalue weighted by atomic mass is 10.0. The molecule has 0 aliphatic carbocycles. The Morgan fingerprint density at radius 1 is 1.00 bits per heavy atom. The monoisotopic (exact) mass is 229 g/mol. The van der Waals surface area contributed by atoms with E-state index in [1.165, 1.54) is 25.7 Å². The third-order valence-corrected chi connectivity index (χ3v) is 3.48. The molecule has 4 nitrogen and oxygen atoms in total. The Morgan fingerprint density at radius 2 is 1.44 bits per heavy atom. The maximum absolute atomic E-state index is 9.29. The molecule has 96 valence electrons. The second kappa shape index (κ2) is 7.22. The molecule has 1 atom stereocenters. The zero-order valence-electron chi connectivity index (χ0n) is 10.7. The summed E-state index contributed by atoms with van der Waals surface area (Å²) < 4.78 is 0. The lowest BCUT2D eigenvalue weighted by Gasteiger charge is -2.40. The summed E-state index contributed by atoms with van der Waals surface area (Å²) >= 11 is 0. The Labute approximate surface area is 99.4 Å². The Kier molecular flexibility index (Phi) is 6.28. The molecule has 0 saturated carbocycles. The number of aliphatic hydroxyl groups is 1. The Morgan fingerprint density at radius 3 is 1.81 bits per heavy atom. The predicted octanol–water partition coefficient (Wildman–Crippen LogP) is 0.807. The molecule has 0 spiro atoms. The summed E-state index contributed by atoms with van der Waals surface area (Å²) in [6.45, 7) is 8.37. The largest absolute Gasteiger partial charge is 0.365 e. The van der Waals surface area contributed by atoms with E-state index in [1.54, 1.807) is 0 Å². The maximum Gasteiger partial charge on any atom is 0.160 e. The Hall–Kier alpha value is -0.160. The van der Waals surface area contributed by atoms with Crippen LogP contribution in [0.3, 0.4) is 0 Å². The van der Waals surface area contributed by atoms with Gasteiger partial charge in [0.15, 0.2) is 6.35 Å². The fourth-order valence-corrected chi connectivity index (χ4v) is 2.54. The fraction of sp³-hybridized carbons (Fsp3) is 1.00. The number of hydrogen-bond donors (Lipinski definition) is 2. The highest BCUT2D eigenvalue weighted by atomic mass is 16.3. The molecule has 3 N–H and O–H groups in total. The summed E-state index contributed by atoms with van der Waals surface area (Å²) in [6, 6.07) is 0.729. The van der Waals surface area contributed by atoms with Crippen LogP contribution in [0.4, 0.5) is 0 Å². The van der Waals surface area contributed by atoms with Gasteiger partial charge in [-0.3, -0.25) is 15.5 Å². The van der Waals surface area contributed by atoms with Gasteiger partial charge in [0.05, 0.1) is 0 Å². The summed E-state index contributed by atoms with van der Waals surface area (Å²) in [5.74, 6) is 0. The van der Waals surface area contributed by atoms with Crippen LogP contribution >= 0.6 is 0 Å². The second-order valence-electron chi connectivity index (χ2n) is 4.72. The zero-order chi connectivity index (χ0) is 12.0. The van der Waals surface area contributed by atoms with E-state index in [9.17, 15) is 5.11 Å². The minimum Gasteiger partial charge on any atom is -0.365 e. The standard InChI is InChI=1S/C12H27N3O/c1-3-5-11(6-4-2)14-7-9-15(10-8-14)12(13)16/h11-12,16H,3-10,13H2,1-2H3. The summed E-state index contributed by atoms with van der Waals surface area (Å²) in [5, 5.41) is 9.29. The summed E-state index contributed by atoms with van der Waals surface area (Å²) in [6.07, 6.45) is 4.31. The third-order valence-electron chi connectivity index (χ3n) is 3.48. The second-order valence-corrected chi connectivity index (χ2v) is 4.72. The van der Waals surface area contributed by atoms with Crippen molar-refractivity contribution < 1.29 is 5.11 Å². The van der Waals surface area contributed by atoms with Crippen LogP contribution < -0.4 is 5.73 Å². The van der Waals surface area contributed by atoms with Gasteiger partial charge >= 0.3 is 0 Å². The maximum atomic E-state index is 9.29. The van der Waals surface area contributed by atoms with Crippen molar-refractivity contribution >= 4 is 0 Å². The number of rotatable bonds is 6. The molecule has 16 heavy (non-hydrogen) atoms. The molecule has 0 aromatic rings. The first kappa shape index (κ1) is 13.9. The van der Waals surface area contributed by atoms with Gasteiger partial charge in [-0.25, -0.2) is 0 Å². The highest BCUT2D eigenvalue weighted by Crippen LogP contribution is 2.15. The number of nitrogens with two attached hydrogens (primary N) is 1. The van der Waals surface area contributed by atoms with Gasteiger partial charge < -0.3 is 5.11 Å². The molecular formula is C12H27N3O. The van der Waals surface area contributed by atoms with Crippen LogP contribution in [0.15, 0.2) is 0 Å². The first-order chi connectivity index (χ1) is 7.69. The first-order valence-corrected chi connectivity index (χ1v) is 6.60. The number of hydrogen-bond acceptors (Lipinski definition) is 4. The molecule has 1 fully saturated rings. The molecule has 0 radical (unpaired) electrons. The van der Waals surface area contributed by atoms with Crippen LogP contribution in [0.5, 0.6) is 0 Å². The van der Waals surface area contributed by atoms with E-state index in [4.69, 9.17) is 5.73 Å². The molecule has 1 unspecified atom stereocenters. The highest BCUT2D eigenvalue weighted by Gasteiger charge is 2.24. The quantitative estimate of drug-likeness (QED) is 0.662. The average Bonchev–Trinajstić information content (AvgIpc) is 2.29. The SMILES string of the molecule is CCCC(CCC)N1CCN(C(N)O)CC1. The normalized spacial score (nSPS) is 21.6. The van der Waals surface area contributed by atoms with Gasteiger partial charge in [0.1, 0.15) is 0 Å². The smallest absolute Gasteiger partial charge is 0.160 e. The molecule has 0 bridgehead atoms. The minimum absolute atomic E-state index is 0.729. The molecule has 1 rings (SSSR count). The lowest BCUT2D eigenvalue weighted by molar-refractivity contribution is -0.0298. The third kappa shape index (κ3) is 4.01. The van der Waals surface area contributed by atoms with Gasteiger partial charge in [-0.2, -0.15) is 0 Å². The van der Waals surface area contributed by atoms with Crippen molar-refractivity contribution in [2.45, 2.75) is 51.9 Å². The zero-order valence-corrected chi connectivity index (χ0v) is 10.7. The Balaban J connectivity index is 2.37. The molecule has 0 aromatic carbocycles. The van der Waals surface area contributed by atoms with Crippen molar-refractivity contribution in [3.8, 4) is 0 Å². The molecule has 1 heterocycles. The molecule has 1 aliphatic rings. The molecule has 4 heteroatoms. The molecule has 1 aliphatic heterocycles. The predicted molar refractivity (Wildman–Crippen MR) is 66.9 cm³/mol. The molecule has 0 amide bonds. The van der Waals surface area contributed by atoms with Crippen LogP contribution in [0.25, 0.3) is 0 Å². The van der Waals surface area contributed by atoms with Crippen LogP contribution in [-0.2, 0) is 0 Å². The van der Waals surface area contributed by atoms with Crippen molar-refractivity contribution in [1.29, 1.82) is 0 Å². The summed E-state index contributed by atoms with van der Waals surface area (Å²) in [5.41, 5.74) is 5.47. The van der Waals surface area contributed by atoms with Gasteiger partial charge in [-0.1, -0.05) is 26.7 Å². The summed E-state index contributed by atoms with van der Waals surface area (Å²) in [4.78, 5) is 4.50. The van der Waals surface area contributed by atoms with E-state index < -0.39 is 6.35 Å². The van der Waals surface area contributed by atoms with E-state index in [0.29, 0.717) is 0 Å². The van der Waals surface area contributed by atoms with Crippen LogP contribution in [-0.4, -0.2) is 53.5 Å². The molecule has 1 saturated heterocycles. The van der Waals surface area contributed by atoms with Crippen molar-refractivity contribution in [3.05, 3.63) is 0 Å². The number of nitrogens with zero attached hydrogens (tertiary/aromatic N) is 2. The van der Waals surface area contributed by atoms with Crippen molar-refractivity contribution in [2.24, 2.45) is 5.73 Å². The van der Waals surface area contributed by atoms with E-state index in [-0.39, 0.29) is 0 Å². The van der Waals surface area contributed by atoms with Gasteiger partial charge in [-0.15, -0.1) is 0 Å². The number of aliphatic hydroxyl groups excluding tert-OH is 1. The Bertz CT molecular complexity index is 173. The molecular weight excluding hydrogens is 202 g/mol. The van der Waals surface area contributed by atoms with Gasteiger partial charge in [0, 0.05) is 32.2 Å². The van der Waals surface area contributed by atoms with E-state index in [0.717, 1.165) is 32.2 Å². The van der Waals surface area contributed by atoms with Crippen molar-refractivity contribution in [2.75, 3.05) is 26.2 Å². The van der Waals surface area contributed by atoms with E-state index in [1.807, 2.05) is 4.90 Å². The first-order valence-electron chi connectivity index (χ1n) is 6.60. The topological polar surface area (TPSA) is 52.7 Å². The van der Waals surface area contributed by atoms with Gasteiger partial charge in [-0.05, 0) is 12.8 Å². The summed E-state index contributed by atoms with van der Waals surface area (Å²) in [7, 11) is 0. The van der Waals surface area contributed by atoms with Gasteiger partial charge in [0.25, 0.3) is 0 Å². The van der Waals surface area contributed by atoms with Crippen molar-refractivity contribution in [1.82, 2.24) is 9.80 Å². The van der Waals surface area contributed by atoms with Crippen LogP contribution in [0.2, 0.25) is 0 Å².